The summed E-state index contributed by atoms with van der Waals surface area (Å²) in [5.41, 5.74) is 0.764. The van der Waals surface area contributed by atoms with Crippen molar-refractivity contribution in [2.24, 2.45) is 7.05 Å². The Bertz CT molecular complexity index is 978. The van der Waals surface area contributed by atoms with E-state index < -0.39 is 22.8 Å². The van der Waals surface area contributed by atoms with Gasteiger partial charge in [-0.1, -0.05) is 23.4 Å². The van der Waals surface area contributed by atoms with Gasteiger partial charge in [0.25, 0.3) is 0 Å². The lowest BCUT2D eigenvalue weighted by atomic mass is 10.2. The van der Waals surface area contributed by atoms with Crippen molar-refractivity contribution < 1.29 is 13.6 Å². The van der Waals surface area contributed by atoms with Crippen LogP contribution in [-0.2, 0) is 11.8 Å². The molecule has 1 amide bonds. The van der Waals surface area contributed by atoms with Crippen molar-refractivity contribution in [2.45, 2.75) is 17.3 Å². The van der Waals surface area contributed by atoms with Crippen molar-refractivity contribution in [2.75, 3.05) is 5.32 Å². The number of halogens is 3. The third-order valence-corrected chi connectivity index (χ3v) is 5.16. The first kappa shape index (κ1) is 19.3. The van der Waals surface area contributed by atoms with E-state index in [9.17, 15) is 13.6 Å². The van der Waals surface area contributed by atoms with Crippen LogP contribution in [0.1, 0.15) is 6.92 Å². The highest BCUT2D eigenvalue weighted by Gasteiger charge is 2.20. The number of carbonyl (C=O) groups excluding carboxylic acids is 1. The highest BCUT2D eigenvalue weighted by Crippen LogP contribution is 2.27. The van der Waals surface area contributed by atoms with Crippen molar-refractivity contribution in [3.8, 4) is 11.4 Å². The van der Waals surface area contributed by atoms with Crippen LogP contribution in [0.15, 0.2) is 47.6 Å². The second-order valence-corrected chi connectivity index (χ2v) is 7.49. The number of hydrogen-bond donors (Lipinski definition) is 1. The number of amides is 1. The average Bonchev–Trinajstić information content (AvgIpc) is 2.98. The molecular weight excluding hydrogens is 394 g/mol. The Hall–Kier alpha value is -2.45. The summed E-state index contributed by atoms with van der Waals surface area (Å²) < 4.78 is 28.4. The topological polar surface area (TPSA) is 59.8 Å². The molecule has 27 heavy (non-hydrogen) atoms. The lowest BCUT2D eigenvalue weighted by Crippen LogP contribution is -2.23. The van der Waals surface area contributed by atoms with Gasteiger partial charge in [-0.2, -0.15) is 0 Å². The number of hydrogen-bond acceptors (Lipinski definition) is 4. The normalized spacial score (nSPS) is 12.0. The van der Waals surface area contributed by atoms with Gasteiger partial charge in [0.1, 0.15) is 11.6 Å². The Morgan fingerprint density at radius 2 is 1.89 bits per heavy atom. The predicted molar refractivity (Wildman–Crippen MR) is 102 cm³/mol. The maximum atomic E-state index is 13.7. The van der Waals surface area contributed by atoms with Crippen LogP contribution in [-0.4, -0.2) is 25.9 Å². The van der Waals surface area contributed by atoms with Crippen LogP contribution < -0.4 is 5.32 Å². The van der Waals surface area contributed by atoms with Gasteiger partial charge in [-0.3, -0.25) is 4.79 Å². The molecule has 1 N–H and O–H groups in total. The van der Waals surface area contributed by atoms with E-state index in [4.69, 9.17) is 11.6 Å². The molecule has 0 radical (unpaired) electrons. The van der Waals surface area contributed by atoms with Crippen molar-refractivity contribution in [1.29, 1.82) is 0 Å². The van der Waals surface area contributed by atoms with Crippen molar-refractivity contribution >= 4 is 35.0 Å². The molecule has 1 atom stereocenters. The second-order valence-electron chi connectivity index (χ2n) is 5.75. The minimum absolute atomic E-state index is 0.0753. The fraction of sp³-hybridized carbons (Fsp3) is 0.167. The number of aromatic nitrogens is 3. The summed E-state index contributed by atoms with van der Waals surface area (Å²) in [5.74, 6) is -1.33. The summed E-state index contributed by atoms with van der Waals surface area (Å²) in [5, 5.41) is 11.3. The molecule has 2 aromatic carbocycles. The number of anilines is 1. The molecule has 0 saturated heterocycles. The van der Waals surface area contributed by atoms with Crippen LogP contribution in [0.25, 0.3) is 11.4 Å². The van der Waals surface area contributed by atoms with E-state index in [1.807, 2.05) is 12.1 Å². The highest BCUT2D eigenvalue weighted by atomic mass is 35.5. The molecule has 0 fully saturated rings. The summed E-state index contributed by atoms with van der Waals surface area (Å²) in [6.07, 6.45) is 0. The van der Waals surface area contributed by atoms with Gasteiger partial charge in [-0.15, -0.1) is 10.2 Å². The molecule has 0 bridgehead atoms. The summed E-state index contributed by atoms with van der Waals surface area (Å²) in [6.45, 7) is 1.66. The average molecular weight is 409 g/mol. The molecule has 0 spiro atoms. The zero-order chi connectivity index (χ0) is 19.6. The Balaban J connectivity index is 1.71. The summed E-state index contributed by atoms with van der Waals surface area (Å²) in [4.78, 5) is 12.3. The Morgan fingerprint density at radius 1 is 1.19 bits per heavy atom. The molecule has 0 aliphatic heterocycles. The van der Waals surface area contributed by atoms with E-state index in [1.165, 1.54) is 17.8 Å². The molecule has 0 saturated carbocycles. The van der Waals surface area contributed by atoms with Gasteiger partial charge in [0.15, 0.2) is 11.0 Å². The van der Waals surface area contributed by atoms with Crippen molar-refractivity contribution in [1.82, 2.24) is 14.8 Å². The van der Waals surface area contributed by atoms with Gasteiger partial charge in [0.2, 0.25) is 5.91 Å². The number of benzene rings is 2. The number of thioether (sulfide) groups is 1. The van der Waals surface area contributed by atoms with Crippen LogP contribution in [0, 0.1) is 11.6 Å². The summed E-state index contributed by atoms with van der Waals surface area (Å²) >= 11 is 7.08. The standard InChI is InChI=1S/C18H15ClF2N4OS/c1-10(17(26)22-15-8-7-13(20)9-14(15)21)27-18-24-23-16(25(18)2)11-3-5-12(19)6-4-11/h3-10H,1-2H3,(H,22,26)/t10-/m0/s1. The lowest BCUT2D eigenvalue weighted by Gasteiger charge is -2.12. The number of nitrogens with zero attached hydrogens (tertiary/aromatic N) is 3. The monoisotopic (exact) mass is 408 g/mol. The van der Waals surface area contributed by atoms with Crippen LogP contribution in [0.2, 0.25) is 5.02 Å². The predicted octanol–water partition coefficient (Wildman–Crippen LogP) is 4.53. The quantitative estimate of drug-likeness (QED) is 0.630. The smallest absolute Gasteiger partial charge is 0.237 e. The number of nitrogens with one attached hydrogen (secondary N) is 1. The Labute approximate surface area is 163 Å². The molecule has 5 nitrogen and oxygen atoms in total. The van der Waals surface area contributed by atoms with E-state index in [2.05, 4.69) is 15.5 Å². The van der Waals surface area contributed by atoms with Gasteiger partial charge in [-0.25, -0.2) is 8.78 Å². The maximum absolute atomic E-state index is 13.7. The van der Waals surface area contributed by atoms with E-state index >= 15 is 0 Å². The second kappa shape index (κ2) is 8.06. The molecule has 1 heterocycles. The fourth-order valence-electron chi connectivity index (χ4n) is 2.30. The lowest BCUT2D eigenvalue weighted by molar-refractivity contribution is -0.115. The summed E-state index contributed by atoms with van der Waals surface area (Å²) in [6, 6.07) is 10.1. The van der Waals surface area contributed by atoms with Gasteiger partial charge in [0, 0.05) is 23.7 Å². The third kappa shape index (κ3) is 4.45. The van der Waals surface area contributed by atoms with E-state index in [-0.39, 0.29) is 5.69 Å². The van der Waals surface area contributed by atoms with Gasteiger partial charge < -0.3 is 9.88 Å². The van der Waals surface area contributed by atoms with E-state index in [0.717, 1.165) is 11.6 Å². The molecule has 9 heteroatoms. The first-order valence-corrected chi connectivity index (χ1v) is 9.19. The zero-order valence-electron chi connectivity index (χ0n) is 14.4. The Kier molecular flexibility index (Phi) is 5.76. The first-order chi connectivity index (χ1) is 12.8. The van der Waals surface area contributed by atoms with Gasteiger partial charge >= 0.3 is 0 Å². The SMILES string of the molecule is C[C@H](Sc1nnc(-c2ccc(Cl)cc2)n1C)C(=O)Nc1ccc(F)cc1F. The molecule has 140 valence electrons. The van der Waals surface area contributed by atoms with Gasteiger partial charge in [-0.05, 0) is 43.3 Å². The summed E-state index contributed by atoms with van der Waals surface area (Å²) in [7, 11) is 1.79. The minimum Gasteiger partial charge on any atom is -0.323 e. The molecule has 0 aliphatic rings. The molecule has 1 aromatic heterocycles. The molecular formula is C18H15ClF2N4OS. The van der Waals surface area contributed by atoms with Gasteiger partial charge in [0.05, 0.1) is 10.9 Å². The van der Waals surface area contributed by atoms with Crippen LogP contribution in [0.4, 0.5) is 14.5 Å². The molecule has 3 rings (SSSR count). The van der Waals surface area contributed by atoms with Crippen LogP contribution in [0.5, 0.6) is 0 Å². The van der Waals surface area contributed by atoms with E-state index in [0.29, 0.717) is 22.1 Å². The largest absolute Gasteiger partial charge is 0.323 e. The van der Waals surface area contributed by atoms with Crippen molar-refractivity contribution in [3.63, 3.8) is 0 Å². The number of rotatable bonds is 5. The zero-order valence-corrected chi connectivity index (χ0v) is 16.0. The molecule has 3 aromatic rings. The maximum Gasteiger partial charge on any atom is 0.237 e. The molecule has 0 unspecified atom stereocenters. The van der Waals surface area contributed by atoms with Crippen LogP contribution >= 0.6 is 23.4 Å². The third-order valence-electron chi connectivity index (χ3n) is 3.78. The highest BCUT2D eigenvalue weighted by molar-refractivity contribution is 8.00. The fourth-order valence-corrected chi connectivity index (χ4v) is 3.25. The first-order valence-electron chi connectivity index (χ1n) is 7.93. The van der Waals surface area contributed by atoms with Crippen LogP contribution in [0.3, 0.4) is 0 Å². The Morgan fingerprint density at radius 3 is 2.56 bits per heavy atom. The van der Waals surface area contributed by atoms with E-state index in [1.54, 1.807) is 30.7 Å². The van der Waals surface area contributed by atoms with Crippen molar-refractivity contribution in [3.05, 3.63) is 59.1 Å². The molecule has 0 aliphatic carbocycles. The minimum atomic E-state index is -0.829. The number of carbonyl (C=O) groups is 1.